The van der Waals surface area contributed by atoms with Crippen LogP contribution in [0, 0.1) is 11.6 Å². The fourth-order valence-corrected chi connectivity index (χ4v) is 2.74. The van der Waals surface area contributed by atoms with Gasteiger partial charge >= 0.3 is 0 Å². The van der Waals surface area contributed by atoms with Crippen molar-refractivity contribution in [1.82, 2.24) is 0 Å². The number of carbonyl (C=O) groups excluding carboxylic acids is 1. The molecule has 6 heteroatoms. The van der Waals surface area contributed by atoms with Crippen LogP contribution in [0.3, 0.4) is 0 Å². The molecule has 1 fully saturated rings. The van der Waals surface area contributed by atoms with Crippen LogP contribution in [0.15, 0.2) is 35.2 Å². The van der Waals surface area contributed by atoms with Gasteiger partial charge in [-0.05, 0) is 48.9 Å². The maximum Gasteiger partial charge on any atom is 0.140 e. The minimum absolute atomic E-state index is 0.0130. The van der Waals surface area contributed by atoms with Crippen molar-refractivity contribution in [2.75, 3.05) is 7.11 Å². The first kappa shape index (κ1) is 21.2. The van der Waals surface area contributed by atoms with Crippen molar-refractivity contribution in [3.8, 4) is 11.5 Å². The van der Waals surface area contributed by atoms with Crippen LogP contribution in [0.25, 0.3) is 0 Å². The van der Waals surface area contributed by atoms with Gasteiger partial charge in [-0.1, -0.05) is 13.0 Å². The Bertz CT molecular complexity index is 776. The van der Waals surface area contributed by atoms with Crippen LogP contribution < -0.4 is 9.47 Å². The summed E-state index contributed by atoms with van der Waals surface area (Å²) in [6.45, 7) is 1.97. The second kappa shape index (κ2) is 10.3. The van der Waals surface area contributed by atoms with Crippen LogP contribution in [0.4, 0.5) is 8.78 Å². The predicted molar refractivity (Wildman–Crippen MR) is 104 cm³/mol. The van der Waals surface area contributed by atoms with Crippen molar-refractivity contribution < 1.29 is 23.0 Å². The molecule has 0 bridgehead atoms. The van der Waals surface area contributed by atoms with E-state index in [2.05, 4.69) is 12.6 Å². The molecular formula is C21H24F2O3S. The molecule has 0 amide bonds. The Kier molecular flexibility index (Phi) is 8.10. The van der Waals surface area contributed by atoms with E-state index in [1.54, 1.807) is 18.2 Å². The molecule has 1 saturated carbocycles. The molecule has 2 aromatic carbocycles. The lowest BCUT2D eigenvalue weighted by Gasteiger charge is -2.14. The SMILES string of the molecule is CCCC=O.COc1cccc(F)c1COc1cc(F)c(S)cc1C1CC1. The van der Waals surface area contributed by atoms with Gasteiger partial charge in [-0.2, -0.15) is 0 Å². The lowest BCUT2D eigenvalue weighted by molar-refractivity contribution is -0.107. The van der Waals surface area contributed by atoms with Crippen molar-refractivity contribution in [3.05, 3.63) is 53.1 Å². The molecule has 0 unspecified atom stereocenters. The number of unbranched alkanes of at least 4 members (excludes halogenated alkanes) is 1. The second-order valence-corrected chi connectivity index (χ2v) is 6.76. The number of methoxy groups -OCH3 is 1. The molecule has 0 atom stereocenters. The largest absolute Gasteiger partial charge is 0.496 e. The molecule has 0 N–H and O–H groups in total. The van der Waals surface area contributed by atoms with Crippen molar-refractivity contribution in [2.45, 2.75) is 50.0 Å². The zero-order valence-corrected chi connectivity index (χ0v) is 16.4. The normalized spacial score (nSPS) is 12.8. The monoisotopic (exact) mass is 394 g/mol. The van der Waals surface area contributed by atoms with E-state index in [1.165, 1.54) is 19.2 Å². The summed E-state index contributed by atoms with van der Waals surface area (Å²) in [4.78, 5) is 9.71. The molecule has 3 nitrogen and oxygen atoms in total. The Morgan fingerprint density at radius 2 is 1.93 bits per heavy atom. The van der Waals surface area contributed by atoms with Crippen molar-refractivity contribution in [1.29, 1.82) is 0 Å². The highest BCUT2D eigenvalue weighted by molar-refractivity contribution is 7.80. The first-order valence-corrected chi connectivity index (χ1v) is 9.36. The van der Waals surface area contributed by atoms with Gasteiger partial charge in [0, 0.05) is 17.4 Å². The third-order valence-corrected chi connectivity index (χ3v) is 4.51. The fraction of sp³-hybridized carbons (Fsp3) is 0.381. The van der Waals surface area contributed by atoms with E-state index in [-0.39, 0.29) is 6.61 Å². The Morgan fingerprint density at radius 1 is 1.19 bits per heavy atom. The molecule has 0 radical (unpaired) electrons. The molecule has 0 spiro atoms. The van der Waals surface area contributed by atoms with Crippen molar-refractivity contribution in [3.63, 3.8) is 0 Å². The number of carbonyl (C=O) groups is 1. The van der Waals surface area contributed by atoms with E-state index in [9.17, 15) is 13.6 Å². The van der Waals surface area contributed by atoms with Crippen molar-refractivity contribution in [2.24, 2.45) is 0 Å². The number of ether oxygens (including phenoxy) is 2. The van der Waals surface area contributed by atoms with E-state index >= 15 is 0 Å². The molecule has 0 saturated heterocycles. The van der Waals surface area contributed by atoms with Gasteiger partial charge in [-0.25, -0.2) is 8.78 Å². The maximum absolute atomic E-state index is 13.9. The van der Waals surface area contributed by atoms with E-state index in [0.29, 0.717) is 34.3 Å². The highest BCUT2D eigenvalue weighted by Crippen LogP contribution is 2.45. The topological polar surface area (TPSA) is 35.5 Å². The number of thiol groups is 1. The first-order chi connectivity index (χ1) is 13.0. The van der Waals surface area contributed by atoms with Crippen LogP contribution in [-0.4, -0.2) is 13.4 Å². The van der Waals surface area contributed by atoms with Crippen LogP contribution in [-0.2, 0) is 11.4 Å². The number of hydrogen-bond acceptors (Lipinski definition) is 4. The van der Waals surface area contributed by atoms with Gasteiger partial charge in [0.25, 0.3) is 0 Å². The predicted octanol–water partition coefficient (Wildman–Crippen LogP) is 5.70. The highest BCUT2D eigenvalue weighted by Gasteiger charge is 2.28. The van der Waals surface area contributed by atoms with Gasteiger partial charge in [0.1, 0.15) is 36.0 Å². The van der Waals surface area contributed by atoms with E-state index in [4.69, 9.17) is 9.47 Å². The fourth-order valence-electron chi connectivity index (χ4n) is 2.54. The van der Waals surface area contributed by atoms with E-state index < -0.39 is 11.6 Å². The molecule has 27 heavy (non-hydrogen) atoms. The third kappa shape index (κ3) is 5.96. The van der Waals surface area contributed by atoms with Gasteiger partial charge in [-0.15, -0.1) is 12.6 Å². The summed E-state index contributed by atoms with van der Waals surface area (Å²) in [5, 5.41) is 0. The first-order valence-electron chi connectivity index (χ1n) is 8.92. The molecule has 0 heterocycles. The van der Waals surface area contributed by atoms with Gasteiger partial charge < -0.3 is 14.3 Å². The summed E-state index contributed by atoms with van der Waals surface area (Å²) in [5.41, 5.74) is 1.25. The molecule has 3 rings (SSSR count). The number of aldehydes is 1. The summed E-state index contributed by atoms with van der Waals surface area (Å²) < 4.78 is 38.5. The Morgan fingerprint density at radius 3 is 2.48 bits per heavy atom. The second-order valence-electron chi connectivity index (χ2n) is 6.28. The average Bonchev–Trinajstić information content (AvgIpc) is 3.49. The number of benzene rings is 2. The van der Waals surface area contributed by atoms with Gasteiger partial charge in [0.2, 0.25) is 0 Å². The Balaban J connectivity index is 0.000000465. The summed E-state index contributed by atoms with van der Waals surface area (Å²) in [7, 11) is 1.48. The van der Waals surface area contributed by atoms with Gasteiger partial charge in [0.05, 0.1) is 12.7 Å². The quantitative estimate of drug-likeness (QED) is 0.483. The summed E-state index contributed by atoms with van der Waals surface area (Å²) in [5.74, 6) is 0.397. The van der Waals surface area contributed by atoms with Gasteiger partial charge in [0.15, 0.2) is 0 Å². The molecule has 1 aliphatic carbocycles. The molecule has 2 aromatic rings. The Hall–Kier alpha value is -2.08. The third-order valence-electron chi connectivity index (χ3n) is 4.17. The lowest BCUT2D eigenvalue weighted by atomic mass is 10.1. The minimum Gasteiger partial charge on any atom is -0.496 e. The van der Waals surface area contributed by atoms with Crippen LogP contribution in [0.5, 0.6) is 11.5 Å². The Labute approximate surface area is 164 Å². The molecule has 146 valence electrons. The van der Waals surface area contributed by atoms with Crippen LogP contribution in [0.2, 0.25) is 0 Å². The number of hydrogen-bond donors (Lipinski definition) is 1. The average molecular weight is 394 g/mol. The summed E-state index contributed by atoms with van der Waals surface area (Å²) in [6, 6.07) is 7.61. The molecule has 0 aliphatic heterocycles. The van der Waals surface area contributed by atoms with Crippen LogP contribution >= 0.6 is 12.6 Å². The standard InChI is InChI=1S/C17H16F2O2S.C4H8O/c1-20-15-4-2-3-13(18)12(15)9-21-16-8-14(19)17(22)7-11(16)10-5-6-10;1-2-3-4-5/h2-4,7-8,10,22H,5-6,9H2,1H3;4H,2-3H2,1H3. The number of halogens is 2. The van der Waals surface area contributed by atoms with E-state index in [0.717, 1.165) is 31.1 Å². The number of rotatable bonds is 7. The van der Waals surface area contributed by atoms with Crippen LogP contribution in [0.1, 0.15) is 49.7 Å². The maximum atomic E-state index is 13.9. The molecule has 1 aliphatic rings. The lowest BCUT2D eigenvalue weighted by Crippen LogP contribution is -2.03. The molecule has 0 aromatic heterocycles. The zero-order valence-electron chi connectivity index (χ0n) is 15.5. The van der Waals surface area contributed by atoms with E-state index in [1.807, 2.05) is 6.92 Å². The van der Waals surface area contributed by atoms with Gasteiger partial charge in [-0.3, -0.25) is 0 Å². The zero-order chi connectivity index (χ0) is 19.8. The summed E-state index contributed by atoms with van der Waals surface area (Å²) in [6.07, 6.45) is 4.72. The minimum atomic E-state index is -0.441. The molecular weight excluding hydrogens is 370 g/mol. The van der Waals surface area contributed by atoms with Crippen molar-refractivity contribution >= 4 is 18.9 Å². The summed E-state index contributed by atoms with van der Waals surface area (Å²) >= 11 is 4.11. The highest BCUT2D eigenvalue weighted by atomic mass is 32.1. The smallest absolute Gasteiger partial charge is 0.140 e.